The van der Waals surface area contributed by atoms with E-state index in [4.69, 9.17) is 4.74 Å². The summed E-state index contributed by atoms with van der Waals surface area (Å²) in [6.07, 6.45) is 1.78. The predicted molar refractivity (Wildman–Crippen MR) is 86.5 cm³/mol. The average molecular weight is 292 g/mol. The molecule has 0 saturated carbocycles. The standard InChI is InChI=1S/C17H28N2O2/c1-14(10-11-15-8-6-5-7-9-15)18-12-13-19-16(20)21-17(2,3)4/h5-9,14,18H,10-13H2,1-4H3,(H,19,20). The fourth-order valence-electron chi connectivity index (χ4n) is 1.93. The van der Waals surface area contributed by atoms with Crippen molar-refractivity contribution in [2.75, 3.05) is 13.1 Å². The van der Waals surface area contributed by atoms with E-state index in [0.29, 0.717) is 12.6 Å². The zero-order valence-electron chi connectivity index (χ0n) is 13.6. The van der Waals surface area contributed by atoms with Gasteiger partial charge < -0.3 is 15.4 Å². The van der Waals surface area contributed by atoms with Gasteiger partial charge in [0.25, 0.3) is 0 Å². The summed E-state index contributed by atoms with van der Waals surface area (Å²) in [7, 11) is 0. The number of hydrogen-bond acceptors (Lipinski definition) is 3. The Balaban J connectivity index is 2.08. The number of hydrogen-bond donors (Lipinski definition) is 2. The Hall–Kier alpha value is -1.55. The van der Waals surface area contributed by atoms with Crippen LogP contribution in [0.4, 0.5) is 4.79 Å². The molecule has 4 nitrogen and oxygen atoms in total. The van der Waals surface area contributed by atoms with E-state index in [1.165, 1.54) is 5.56 Å². The lowest BCUT2D eigenvalue weighted by Crippen LogP contribution is -2.38. The van der Waals surface area contributed by atoms with Crippen molar-refractivity contribution in [3.05, 3.63) is 35.9 Å². The Bertz CT molecular complexity index is 413. The number of aryl methyl sites for hydroxylation is 1. The lowest BCUT2D eigenvalue weighted by atomic mass is 10.1. The third-order valence-corrected chi connectivity index (χ3v) is 2.99. The fourth-order valence-corrected chi connectivity index (χ4v) is 1.93. The molecule has 0 saturated heterocycles. The number of nitrogens with one attached hydrogen (secondary N) is 2. The van der Waals surface area contributed by atoms with Gasteiger partial charge in [-0.2, -0.15) is 0 Å². The molecule has 2 N–H and O–H groups in total. The van der Waals surface area contributed by atoms with E-state index in [1.807, 2.05) is 26.8 Å². The van der Waals surface area contributed by atoms with Gasteiger partial charge in [-0.05, 0) is 46.1 Å². The van der Waals surface area contributed by atoms with Gasteiger partial charge in [0, 0.05) is 19.1 Å². The van der Waals surface area contributed by atoms with Crippen LogP contribution in [-0.2, 0) is 11.2 Å². The predicted octanol–water partition coefficient (Wildman–Crippen LogP) is 3.12. The quantitative estimate of drug-likeness (QED) is 0.759. The molecule has 0 bridgehead atoms. The third kappa shape index (κ3) is 9.08. The molecule has 0 aliphatic carbocycles. The van der Waals surface area contributed by atoms with Crippen LogP contribution in [0.25, 0.3) is 0 Å². The maximum Gasteiger partial charge on any atom is 0.407 e. The number of carbonyl (C=O) groups excluding carboxylic acids is 1. The molecule has 1 aromatic carbocycles. The molecule has 0 aromatic heterocycles. The Morgan fingerprint density at radius 1 is 1.19 bits per heavy atom. The van der Waals surface area contributed by atoms with Crippen LogP contribution in [-0.4, -0.2) is 30.8 Å². The molecule has 0 spiro atoms. The van der Waals surface area contributed by atoms with E-state index in [0.717, 1.165) is 19.4 Å². The van der Waals surface area contributed by atoms with E-state index < -0.39 is 5.60 Å². The van der Waals surface area contributed by atoms with E-state index in [1.54, 1.807) is 0 Å². The Morgan fingerprint density at radius 2 is 1.86 bits per heavy atom. The van der Waals surface area contributed by atoms with Gasteiger partial charge in [-0.25, -0.2) is 4.79 Å². The van der Waals surface area contributed by atoms with Crippen molar-refractivity contribution in [1.29, 1.82) is 0 Å². The van der Waals surface area contributed by atoms with Crippen LogP contribution in [0.5, 0.6) is 0 Å². The highest BCUT2D eigenvalue weighted by Crippen LogP contribution is 2.06. The number of amides is 1. The van der Waals surface area contributed by atoms with E-state index >= 15 is 0 Å². The van der Waals surface area contributed by atoms with Gasteiger partial charge in [0.15, 0.2) is 0 Å². The van der Waals surface area contributed by atoms with Gasteiger partial charge in [0.2, 0.25) is 0 Å². The molecule has 0 fully saturated rings. The second-order valence-electron chi connectivity index (χ2n) is 6.31. The number of benzene rings is 1. The summed E-state index contributed by atoms with van der Waals surface area (Å²) in [5.74, 6) is 0. The molecule has 0 radical (unpaired) electrons. The summed E-state index contributed by atoms with van der Waals surface area (Å²) in [6, 6.07) is 10.9. The molecule has 4 heteroatoms. The first-order valence-electron chi connectivity index (χ1n) is 7.61. The number of rotatable bonds is 7. The summed E-state index contributed by atoms with van der Waals surface area (Å²) in [5.41, 5.74) is 0.915. The average Bonchev–Trinajstić information content (AvgIpc) is 2.40. The molecule has 1 rings (SSSR count). The lowest BCUT2D eigenvalue weighted by molar-refractivity contribution is 0.0528. The van der Waals surface area contributed by atoms with Crippen LogP contribution in [0, 0.1) is 0 Å². The van der Waals surface area contributed by atoms with Gasteiger partial charge in [0.05, 0.1) is 0 Å². The highest BCUT2D eigenvalue weighted by molar-refractivity contribution is 5.67. The third-order valence-electron chi connectivity index (χ3n) is 2.99. The molecular formula is C17H28N2O2. The number of alkyl carbamates (subject to hydrolysis) is 1. The summed E-state index contributed by atoms with van der Waals surface area (Å²) in [5, 5.41) is 6.15. The highest BCUT2D eigenvalue weighted by atomic mass is 16.6. The molecule has 1 atom stereocenters. The Labute approximate surface area is 128 Å². The van der Waals surface area contributed by atoms with Crippen molar-refractivity contribution in [2.24, 2.45) is 0 Å². The molecule has 0 heterocycles. The summed E-state index contributed by atoms with van der Waals surface area (Å²) >= 11 is 0. The van der Waals surface area contributed by atoms with Gasteiger partial charge in [-0.15, -0.1) is 0 Å². The van der Waals surface area contributed by atoms with Gasteiger partial charge in [-0.1, -0.05) is 30.3 Å². The minimum absolute atomic E-state index is 0.360. The van der Waals surface area contributed by atoms with E-state index in [2.05, 4.69) is 41.8 Å². The maximum atomic E-state index is 11.5. The van der Waals surface area contributed by atoms with Gasteiger partial charge in [-0.3, -0.25) is 0 Å². The number of carbonyl (C=O) groups is 1. The maximum absolute atomic E-state index is 11.5. The topological polar surface area (TPSA) is 50.4 Å². The molecule has 0 aliphatic heterocycles. The molecule has 1 unspecified atom stereocenters. The normalized spacial score (nSPS) is 12.8. The van der Waals surface area contributed by atoms with Crippen LogP contribution < -0.4 is 10.6 Å². The van der Waals surface area contributed by atoms with E-state index in [9.17, 15) is 4.79 Å². The molecule has 118 valence electrons. The van der Waals surface area contributed by atoms with Crippen molar-refractivity contribution in [3.8, 4) is 0 Å². The van der Waals surface area contributed by atoms with Crippen LogP contribution >= 0.6 is 0 Å². The first-order chi connectivity index (χ1) is 9.87. The molecule has 1 aromatic rings. The highest BCUT2D eigenvalue weighted by Gasteiger charge is 2.15. The molecule has 21 heavy (non-hydrogen) atoms. The smallest absolute Gasteiger partial charge is 0.407 e. The first kappa shape index (κ1) is 17.5. The van der Waals surface area contributed by atoms with Crippen LogP contribution in [0.1, 0.15) is 39.7 Å². The number of ether oxygens (including phenoxy) is 1. The zero-order chi connectivity index (χ0) is 15.7. The van der Waals surface area contributed by atoms with Crippen LogP contribution in [0.3, 0.4) is 0 Å². The Morgan fingerprint density at radius 3 is 2.48 bits per heavy atom. The molecule has 0 aliphatic rings. The van der Waals surface area contributed by atoms with Crippen molar-refractivity contribution < 1.29 is 9.53 Å². The minimum atomic E-state index is -0.444. The van der Waals surface area contributed by atoms with Crippen molar-refractivity contribution in [3.63, 3.8) is 0 Å². The zero-order valence-corrected chi connectivity index (χ0v) is 13.6. The minimum Gasteiger partial charge on any atom is -0.444 e. The van der Waals surface area contributed by atoms with Crippen LogP contribution in [0.2, 0.25) is 0 Å². The second-order valence-corrected chi connectivity index (χ2v) is 6.31. The summed E-state index contributed by atoms with van der Waals surface area (Å²) in [6.45, 7) is 9.06. The fraction of sp³-hybridized carbons (Fsp3) is 0.588. The van der Waals surface area contributed by atoms with Crippen molar-refractivity contribution in [1.82, 2.24) is 10.6 Å². The Kier molecular flexibility index (Phi) is 7.23. The first-order valence-corrected chi connectivity index (χ1v) is 7.61. The van der Waals surface area contributed by atoms with Crippen LogP contribution in [0.15, 0.2) is 30.3 Å². The summed E-state index contributed by atoms with van der Waals surface area (Å²) in [4.78, 5) is 11.5. The van der Waals surface area contributed by atoms with Crippen molar-refractivity contribution >= 4 is 6.09 Å². The molecular weight excluding hydrogens is 264 g/mol. The largest absolute Gasteiger partial charge is 0.444 e. The lowest BCUT2D eigenvalue weighted by Gasteiger charge is -2.20. The van der Waals surface area contributed by atoms with Gasteiger partial charge in [0.1, 0.15) is 5.60 Å². The SMILES string of the molecule is CC(CCc1ccccc1)NCCNC(=O)OC(C)(C)C. The second kappa shape index (κ2) is 8.67. The molecule has 1 amide bonds. The van der Waals surface area contributed by atoms with Gasteiger partial charge >= 0.3 is 6.09 Å². The van der Waals surface area contributed by atoms with Crippen molar-refractivity contribution in [2.45, 2.75) is 52.2 Å². The summed E-state index contributed by atoms with van der Waals surface area (Å²) < 4.78 is 5.17. The monoisotopic (exact) mass is 292 g/mol. The van der Waals surface area contributed by atoms with E-state index in [-0.39, 0.29) is 6.09 Å².